The van der Waals surface area contributed by atoms with Gasteiger partial charge in [0, 0.05) is 24.8 Å². The summed E-state index contributed by atoms with van der Waals surface area (Å²) in [6.07, 6.45) is 7.92. The lowest BCUT2D eigenvalue weighted by molar-refractivity contribution is 0.430. The predicted octanol–water partition coefficient (Wildman–Crippen LogP) is 3.44. The Balaban J connectivity index is 1.85. The number of hydrogen-bond acceptors (Lipinski definition) is 2. The Morgan fingerprint density at radius 1 is 1.11 bits per heavy atom. The second kappa shape index (κ2) is 5.49. The fraction of sp³-hybridized carbons (Fsp3) is 0.625. The number of anilines is 1. The molecule has 0 spiro atoms. The molecule has 1 unspecified atom stereocenters. The molecule has 19 heavy (non-hydrogen) atoms. The lowest BCUT2D eigenvalue weighted by Gasteiger charge is -2.31. The third kappa shape index (κ3) is 2.62. The highest BCUT2D eigenvalue weighted by Crippen LogP contribution is 2.38. The number of benzene rings is 1. The Kier molecular flexibility index (Phi) is 3.74. The van der Waals surface area contributed by atoms with E-state index in [0.29, 0.717) is 12.6 Å². The van der Waals surface area contributed by atoms with Crippen molar-refractivity contribution in [1.29, 1.82) is 0 Å². The van der Waals surface area contributed by atoms with Gasteiger partial charge in [-0.25, -0.2) is 4.39 Å². The van der Waals surface area contributed by atoms with E-state index in [4.69, 9.17) is 5.73 Å². The topological polar surface area (TPSA) is 29.3 Å². The maximum atomic E-state index is 13.7. The van der Waals surface area contributed by atoms with Gasteiger partial charge in [-0.2, -0.15) is 0 Å². The van der Waals surface area contributed by atoms with Gasteiger partial charge in [0.1, 0.15) is 5.82 Å². The van der Waals surface area contributed by atoms with Gasteiger partial charge in [0.05, 0.1) is 0 Å². The Bertz CT molecular complexity index is 440. The molecule has 1 aliphatic carbocycles. The van der Waals surface area contributed by atoms with Crippen LogP contribution in [0.2, 0.25) is 0 Å². The number of rotatable bonds is 3. The van der Waals surface area contributed by atoms with Crippen molar-refractivity contribution in [3.05, 3.63) is 29.6 Å². The average Bonchev–Trinajstić information content (AvgIpc) is 3.08. The molecule has 1 heterocycles. The standard InChI is InChI=1S/C16H23FN2/c17-14-8-12(11-18)9-15(10-14)19-7-3-6-16(19)13-4-1-2-5-13/h8-10,13,16H,1-7,11,18H2. The van der Waals surface area contributed by atoms with E-state index >= 15 is 0 Å². The van der Waals surface area contributed by atoms with Crippen LogP contribution in [0.25, 0.3) is 0 Å². The van der Waals surface area contributed by atoms with Crippen molar-refractivity contribution in [2.45, 2.75) is 51.1 Å². The highest BCUT2D eigenvalue weighted by Gasteiger charge is 2.33. The molecule has 3 rings (SSSR count). The van der Waals surface area contributed by atoms with E-state index in [1.165, 1.54) is 38.5 Å². The van der Waals surface area contributed by atoms with E-state index in [0.717, 1.165) is 23.7 Å². The summed E-state index contributed by atoms with van der Waals surface area (Å²) in [6, 6.07) is 5.90. The zero-order chi connectivity index (χ0) is 13.2. The fourth-order valence-electron chi connectivity index (χ4n) is 3.86. The zero-order valence-electron chi connectivity index (χ0n) is 11.4. The molecule has 1 atom stereocenters. The highest BCUT2D eigenvalue weighted by molar-refractivity contribution is 5.51. The molecule has 3 heteroatoms. The normalized spacial score (nSPS) is 24.3. The smallest absolute Gasteiger partial charge is 0.125 e. The van der Waals surface area contributed by atoms with Crippen LogP contribution in [0.4, 0.5) is 10.1 Å². The quantitative estimate of drug-likeness (QED) is 0.904. The number of nitrogens with zero attached hydrogens (tertiary/aromatic N) is 1. The highest BCUT2D eigenvalue weighted by atomic mass is 19.1. The summed E-state index contributed by atoms with van der Waals surface area (Å²) >= 11 is 0. The van der Waals surface area contributed by atoms with Gasteiger partial charge in [-0.05, 0) is 55.4 Å². The van der Waals surface area contributed by atoms with Crippen molar-refractivity contribution in [2.24, 2.45) is 11.7 Å². The fourth-order valence-corrected chi connectivity index (χ4v) is 3.86. The molecule has 0 bridgehead atoms. The van der Waals surface area contributed by atoms with Crippen LogP contribution in [-0.4, -0.2) is 12.6 Å². The number of nitrogens with two attached hydrogens (primary N) is 1. The molecule has 1 saturated heterocycles. The largest absolute Gasteiger partial charge is 0.368 e. The van der Waals surface area contributed by atoms with Crippen molar-refractivity contribution in [2.75, 3.05) is 11.4 Å². The second-order valence-electron chi connectivity index (χ2n) is 5.97. The molecule has 1 saturated carbocycles. The van der Waals surface area contributed by atoms with Crippen LogP contribution in [0, 0.1) is 11.7 Å². The molecular weight excluding hydrogens is 239 g/mol. The molecule has 2 nitrogen and oxygen atoms in total. The van der Waals surface area contributed by atoms with Gasteiger partial charge in [0.15, 0.2) is 0 Å². The molecule has 2 aliphatic rings. The van der Waals surface area contributed by atoms with Crippen molar-refractivity contribution in [1.82, 2.24) is 0 Å². The van der Waals surface area contributed by atoms with Gasteiger partial charge >= 0.3 is 0 Å². The molecule has 1 aliphatic heterocycles. The van der Waals surface area contributed by atoms with Gasteiger partial charge < -0.3 is 10.6 Å². The maximum absolute atomic E-state index is 13.7. The van der Waals surface area contributed by atoms with Crippen LogP contribution in [0.15, 0.2) is 18.2 Å². The van der Waals surface area contributed by atoms with E-state index in [2.05, 4.69) is 11.0 Å². The van der Waals surface area contributed by atoms with Crippen molar-refractivity contribution in [3.63, 3.8) is 0 Å². The molecule has 0 aromatic heterocycles. The molecular formula is C16H23FN2. The first-order valence-corrected chi connectivity index (χ1v) is 7.54. The lowest BCUT2D eigenvalue weighted by Crippen LogP contribution is -2.34. The van der Waals surface area contributed by atoms with Crippen LogP contribution < -0.4 is 10.6 Å². The predicted molar refractivity (Wildman–Crippen MR) is 76.6 cm³/mol. The molecule has 104 valence electrons. The Labute approximate surface area is 114 Å². The maximum Gasteiger partial charge on any atom is 0.125 e. The van der Waals surface area contributed by atoms with Crippen molar-refractivity contribution >= 4 is 5.69 Å². The minimum Gasteiger partial charge on any atom is -0.368 e. The summed E-state index contributed by atoms with van der Waals surface area (Å²) in [6.45, 7) is 1.47. The summed E-state index contributed by atoms with van der Waals surface area (Å²) in [5, 5.41) is 0. The van der Waals surface area contributed by atoms with Gasteiger partial charge in [0.25, 0.3) is 0 Å². The Morgan fingerprint density at radius 2 is 1.89 bits per heavy atom. The summed E-state index contributed by atoms with van der Waals surface area (Å²) in [4.78, 5) is 2.43. The summed E-state index contributed by atoms with van der Waals surface area (Å²) in [5.41, 5.74) is 7.59. The molecule has 1 aromatic carbocycles. The first-order valence-electron chi connectivity index (χ1n) is 7.54. The zero-order valence-corrected chi connectivity index (χ0v) is 11.4. The molecule has 0 amide bonds. The first kappa shape index (κ1) is 12.9. The van der Waals surface area contributed by atoms with Gasteiger partial charge in [0.2, 0.25) is 0 Å². The van der Waals surface area contributed by atoms with Crippen LogP contribution in [0.5, 0.6) is 0 Å². The lowest BCUT2D eigenvalue weighted by atomic mass is 9.95. The van der Waals surface area contributed by atoms with Gasteiger partial charge in [-0.3, -0.25) is 0 Å². The summed E-state index contributed by atoms with van der Waals surface area (Å²) in [5.74, 6) is 0.655. The minimum absolute atomic E-state index is 0.157. The van der Waals surface area contributed by atoms with Crippen LogP contribution in [0.3, 0.4) is 0 Å². The molecule has 1 aromatic rings. The van der Waals surface area contributed by atoms with Crippen LogP contribution in [-0.2, 0) is 6.54 Å². The Hall–Kier alpha value is -1.09. The third-order valence-corrected chi connectivity index (χ3v) is 4.75. The van der Waals surface area contributed by atoms with E-state index in [9.17, 15) is 4.39 Å². The molecule has 2 N–H and O–H groups in total. The summed E-state index contributed by atoms with van der Waals surface area (Å²) in [7, 11) is 0. The monoisotopic (exact) mass is 262 g/mol. The van der Waals surface area contributed by atoms with Crippen molar-refractivity contribution in [3.8, 4) is 0 Å². The first-order chi connectivity index (χ1) is 9.28. The second-order valence-corrected chi connectivity index (χ2v) is 5.97. The molecule has 2 fully saturated rings. The molecule has 0 radical (unpaired) electrons. The van der Waals surface area contributed by atoms with E-state index in [-0.39, 0.29) is 5.82 Å². The van der Waals surface area contributed by atoms with E-state index in [1.54, 1.807) is 12.1 Å². The van der Waals surface area contributed by atoms with Gasteiger partial charge in [-0.15, -0.1) is 0 Å². The minimum atomic E-state index is -0.157. The third-order valence-electron chi connectivity index (χ3n) is 4.75. The summed E-state index contributed by atoms with van der Waals surface area (Å²) < 4.78 is 13.7. The number of halogens is 1. The average molecular weight is 262 g/mol. The van der Waals surface area contributed by atoms with Crippen LogP contribution in [0.1, 0.15) is 44.1 Å². The van der Waals surface area contributed by atoms with Crippen LogP contribution >= 0.6 is 0 Å². The van der Waals surface area contributed by atoms with E-state index in [1.807, 2.05) is 0 Å². The number of hydrogen-bond donors (Lipinski definition) is 1. The van der Waals surface area contributed by atoms with Gasteiger partial charge in [-0.1, -0.05) is 12.8 Å². The Morgan fingerprint density at radius 3 is 2.63 bits per heavy atom. The SMILES string of the molecule is NCc1cc(F)cc(N2CCCC2C2CCCC2)c1. The van der Waals surface area contributed by atoms with Crippen molar-refractivity contribution < 1.29 is 4.39 Å². The van der Waals surface area contributed by atoms with E-state index < -0.39 is 0 Å².